The number of hydrogen-bond acceptors (Lipinski definition) is 1. The van der Waals surface area contributed by atoms with Crippen molar-refractivity contribution in [3.05, 3.63) is 35.4 Å². The Hall–Kier alpha value is -0.820. The summed E-state index contributed by atoms with van der Waals surface area (Å²) >= 11 is 0. The third kappa shape index (κ3) is 3.02. The quantitative estimate of drug-likeness (QED) is 0.770. The average Bonchev–Trinajstić information content (AvgIpc) is 2.64. The molecule has 0 aromatic heterocycles. The fraction of sp³-hybridized carbons (Fsp3) is 0.667. The van der Waals surface area contributed by atoms with Crippen LogP contribution in [0.3, 0.4) is 0 Å². The van der Waals surface area contributed by atoms with Crippen molar-refractivity contribution in [3.8, 4) is 0 Å². The van der Waals surface area contributed by atoms with Gasteiger partial charge in [-0.3, -0.25) is 0 Å². The van der Waals surface area contributed by atoms with Crippen LogP contribution in [0.1, 0.15) is 74.8 Å². The van der Waals surface area contributed by atoms with Crippen LogP contribution in [0.5, 0.6) is 0 Å². The maximum Gasteiger partial charge on any atom is 0.0653 e. The lowest BCUT2D eigenvalue weighted by atomic mass is 9.75. The Morgan fingerprint density at radius 3 is 2.53 bits per heavy atom. The smallest absolute Gasteiger partial charge is 0.0653 e. The summed E-state index contributed by atoms with van der Waals surface area (Å²) in [7, 11) is 0. The van der Waals surface area contributed by atoms with Gasteiger partial charge in [-0.1, -0.05) is 49.9 Å². The molecule has 1 aromatic rings. The van der Waals surface area contributed by atoms with E-state index in [4.69, 9.17) is 0 Å². The summed E-state index contributed by atoms with van der Waals surface area (Å²) in [5.41, 5.74) is 2.66. The van der Waals surface area contributed by atoms with Crippen molar-refractivity contribution in [1.29, 1.82) is 0 Å². The van der Waals surface area contributed by atoms with Crippen molar-refractivity contribution < 1.29 is 5.11 Å². The molecule has 0 radical (unpaired) electrons. The Kier molecular flexibility index (Phi) is 3.93. The van der Waals surface area contributed by atoms with E-state index in [9.17, 15) is 5.11 Å². The number of rotatable bonds is 2. The van der Waals surface area contributed by atoms with Gasteiger partial charge in [0.15, 0.2) is 0 Å². The molecule has 0 amide bonds. The van der Waals surface area contributed by atoms with Crippen LogP contribution in [0.25, 0.3) is 0 Å². The predicted octanol–water partition coefficient (Wildman–Crippen LogP) is 4.58. The van der Waals surface area contributed by atoms with Crippen molar-refractivity contribution in [2.24, 2.45) is 0 Å². The van der Waals surface area contributed by atoms with Crippen LogP contribution in [0.2, 0.25) is 0 Å². The van der Waals surface area contributed by atoms with E-state index in [2.05, 4.69) is 24.3 Å². The fourth-order valence-corrected chi connectivity index (χ4v) is 4.12. The van der Waals surface area contributed by atoms with Crippen molar-refractivity contribution >= 4 is 0 Å². The maximum atomic E-state index is 10.9. The zero-order valence-corrected chi connectivity index (χ0v) is 11.9. The fourth-order valence-electron chi connectivity index (χ4n) is 4.12. The van der Waals surface area contributed by atoms with Crippen LogP contribution in [-0.2, 0) is 6.42 Å². The predicted molar refractivity (Wildman–Crippen MR) is 79.4 cm³/mol. The first-order valence-electron chi connectivity index (χ1n) is 8.07. The van der Waals surface area contributed by atoms with Gasteiger partial charge in [-0.05, 0) is 55.6 Å². The molecule has 0 heterocycles. The molecule has 1 fully saturated rings. The van der Waals surface area contributed by atoms with Crippen LogP contribution < -0.4 is 0 Å². The molecule has 3 rings (SSSR count). The molecule has 104 valence electrons. The topological polar surface area (TPSA) is 20.2 Å². The van der Waals surface area contributed by atoms with Gasteiger partial charge in [0.05, 0.1) is 5.60 Å². The molecule has 1 atom stereocenters. The molecule has 1 aromatic carbocycles. The van der Waals surface area contributed by atoms with Crippen LogP contribution in [-0.4, -0.2) is 10.7 Å². The second-order valence-electron chi connectivity index (χ2n) is 6.63. The van der Waals surface area contributed by atoms with E-state index in [-0.39, 0.29) is 5.60 Å². The molecule has 0 aliphatic heterocycles. The molecule has 0 saturated heterocycles. The van der Waals surface area contributed by atoms with Crippen molar-refractivity contribution in [2.45, 2.75) is 75.7 Å². The monoisotopic (exact) mass is 258 g/mol. The highest BCUT2D eigenvalue weighted by atomic mass is 16.3. The van der Waals surface area contributed by atoms with Gasteiger partial charge in [-0.15, -0.1) is 0 Å². The van der Waals surface area contributed by atoms with E-state index in [1.54, 1.807) is 0 Å². The Morgan fingerprint density at radius 2 is 1.74 bits per heavy atom. The minimum Gasteiger partial charge on any atom is -0.390 e. The molecule has 0 bridgehead atoms. The summed E-state index contributed by atoms with van der Waals surface area (Å²) in [4.78, 5) is 0. The van der Waals surface area contributed by atoms with Gasteiger partial charge in [0.1, 0.15) is 0 Å². The SMILES string of the molecule is OC1(CC2CCCc3ccccc32)CCCCCC1. The lowest BCUT2D eigenvalue weighted by molar-refractivity contribution is 0.00819. The number of benzene rings is 1. The van der Waals surface area contributed by atoms with Gasteiger partial charge >= 0.3 is 0 Å². The van der Waals surface area contributed by atoms with Gasteiger partial charge in [0.25, 0.3) is 0 Å². The Bertz CT molecular complexity index is 415. The second-order valence-corrected chi connectivity index (χ2v) is 6.63. The molecule has 1 unspecified atom stereocenters. The molecule has 2 aliphatic carbocycles. The molecule has 1 nitrogen and oxygen atoms in total. The summed E-state index contributed by atoms with van der Waals surface area (Å²) in [5.74, 6) is 0.591. The lowest BCUT2D eigenvalue weighted by Gasteiger charge is -2.34. The minimum atomic E-state index is -0.383. The van der Waals surface area contributed by atoms with E-state index in [0.29, 0.717) is 5.92 Å². The van der Waals surface area contributed by atoms with Crippen molar-refractivity contribution in [3.63, 3.8) is 0 Å². The van der Waals surface area contributed by atoms with E-state index >= 15 is 0 Å². The van der Waals surface area contributed by atoms with Crippen LogP contribution >= 0.6 is 0 Å². The molecule has 1 saturated carbocycles. The lowest BCUT2D eigenvalue weighted by Crippen LogP contribution is -2.31. The second kappa shape index (κ2) is 5.66. The largest absolute Gasteiger partial charge is 0.390 e. The highest BCUT2D eigenvalue weighted by Gasteiger charge is 2.33. The third-order valence-corrected chi connectivity index (χ3v) is 5.15. The van der Waals surface area contributed by atoms with Gasteiger partial charge in [-0.25, -0.2) is 0 Å². The Balaban J connectivity index is 1.76. The first kappa shape index (κ1) is 13.2. The number of hydrogen-bond donors (Lipinski definition) is 1. The molecule has 0 spiro atoms. The maximum absolute atomic E-state index is 10.9. The van der Waals surface area contributed by atoms with E-state index < -0.39 is 0 Å². The number of fused-ring (bicyclic) bond motifs is 1. The number of aryl methyl sites for hydroxylation is 1. The first-order valence-corrected chi connectivity index (χ1v) is 8.07. The van der Waals surface area contributed by atoms with Crippen molar-refractivity contribution in [2.75, 3.05) is 0 Å². The number of aliphatic hydroxyl groups is 1. The van der Waals surface area contributed by atoms with Gasteiger partial charge in [-0.2, -0.15) is 0 Å². The molecule has 1 heteroatoms. The summed E-state index contributed by atoms with van der Waals surface area (Å²) in [6.07, 6.45) is 11.9. The third-order valence-electron chi connectivity index (χ3n) is 5.15. The summed E-state index contributed by atoms with van der Waals surface area (Å²) < 4.78 is 0. The summed E-state index contributed by atoms with van der Waals surface area (Å²) in [6.45, 7) is 0. The van der Waals surface area contributed by atoms with E-state index in [0.717, 1.165) is 19.3 Å². The van der Waals surface area contributed by atoms with Gasteiger partial charge in [0.2, 0.25) is 0 Å². The summed E-state index contributed by atoms with van der Waals surface area (Å²) in [5, 5.41) is 10.9. The normalized spacial score (nSPS) is 26.5. The molecule has 2 aliphatic rings. The highest BCUT2D eigenvalue weighted by molar-refractivity contribution is 5.32. The van der Waals surface area contributed by atoms with Crippen LogP contribution in [0, 0.1) is 0 Å². The molecule has 1 N–H and O–H groups in total. The summed E-state index contributed by atoms with van der Waals surface area (Å²) in [6, 6.07) is 8.88. The zero-order valence-electron chi connectivity index (χ0n) is 11.9. The Labute approximate surface area is 117 Å². The van der Waals surface area contributed by atoms with E-state index in [1.165, 1.54) is 56.1 Å². The Morgan fingerprint density at radius 1 is 1.00 bits per heavy atom. The van der Waals surface area contributed by atoms with Gasteiger partial charge < -0.3 is 5.11 Å². The minimum absolute atomic E-state index is 0.383. The first-order chi connectivity index (χ1) is 9.27. The van der Waals surface area contributed by atoms with E-state index in [1.807, 2.05) is 0 Å². The standard InChI is InChI=1S/C18H26O/c19-18(12-5-1-2-6-13-18)14-16-10-7-9-15-8-3-4-11-17(15)16/h3-4,8,11,16,19H,1-2,5-7,9-10,12-14H2. The van der Waals surface area contributed by atoms with Crippen LogP contribution in [0.15, 0.2) is 24.3 Å². The van der Waals surface area contributed by atoms with Gasteiger partial charge in [0, 0.05) is 0 Å². The molecular weight excluding hydrogens is 232 g/mol. The average molecular weight is 258 g/mol. The van der Waals surface area contributed by atoms with Crippen molar-refractivity contribution in [1.82, 2.24) is 0 Å². The molecular formula is C18H26O. The molecule has 19 heavy (non-hydrogen) atoms. The van der Waals surface area contributed by atoms with Crippen LogP contribution in [0.4, 0.5) is 0 Å². The highest BCUT2D eigenvalue weighted by Crippen LogP contribution is 2.41. The zero-order chi connectivity index (χ0) is 13.1.